The van der Waals surface area contributed by atoms with Gasteiger partial charge in [-0.2, -0.15) is 0 Å². The third-order valence-electron chi connectivity index (χ3n) is 2.68. The van der Waals surface area contributed by atoms with Crippen LogP contribution < -0.4 is 5.32 Å². The molecule has 1 aliphatic rings. The second-order valence-electron chi connectivity index (χ2n) is 3.92. The molecule has 0 bridgehead atoms. The minimum absolute atomic E-state index is 0.662. The van der Waals surface area contributed by atoms with E-state index in [2.05, 4.69) is 32.3 Å². The molecule has 86 valence electrons. The molecular formula is C12H14BrClN2. The fourth-order valence-electron chi connectivity index (χ4n) is 1.85. The predicted molar refractivity (Wildman–Crippen MR) is 72.0 cm³/mol. The number of pyridine rings is 1. The Morgan fingerprint density at radius 3 is 3.06 bits per heavy atom. The largest absolute Gasteiger partial charge is 0.369 e. The topological polar surface area (TPSA) is 24.9 Å². The van der Waals surface area contributed by atoms with Gasteiger partial charge in [0, 0.05) is 17.2 Å². The Hall–Kier alpha value is -0.540. The van der Waals surface area contributed by atoms with Crippen molar-refractivity contribution in [2.45, 2.75) is 25.7 Å². The highest BCUT2D eigenvalue weighted by Gasteiger charge is 2.05. The summed E-state index contributed by atoms with van der Waals surface area (Å²) in [4.78, 5) is 4.23. The normalized spacial score (nSPS) is 15.0. The van der Waals surface area contributed by atoms with Gasteiger partial charge in [0.15, 0.2) is 0 Å². The molecule has 0 saturated heterocycles. The summed E-state index contributed by atoms with van der Waals surface area (Å²) in [7, 11) is 0. The zero-order valence-corrected chi connectivity index (χ0v) is 11.3. The second-order valence-corrected chi connectivity index (χ2v) is 5.24. The van der Waals surface area contributed by atoms with E-state index in [4.69, 9.17) is 11.6 Å². The third-order valence-corrected chi connectivity index (χ3v) is 3.40. The summed E-state index contributed by atoms with van der Waals surface area (Å²) in [5.41, 5.74) is 1.56. The molecule has 1 aromatic rings. The van der Waals surface area contributed by atoms with Crippen LogP contribution in [0.25, 0.3) is 0 Å². The number of hydrogen-bond donors (Lipinski definition) is 1. The van der Waals surface area contributed by atoms with Crippen molar-refractivity contribution in [3.05, 3.63) is 33.4 Å². The van der Waals surface area contributed by atoms with Crippen LogP contribution in [-0.4, -0.2) is 11.5 Å². The lowest BCUT2D eigenvalue weighted by molar-refractivity contribution is 0.862. The molecule has 0 radical (unpaired) electrons. The number of allylic oxidation sites excluding steroid dienone is 1. The summed E-state index contributed by atoms with van der Waals surface area (Å²) in [6.07, 6.45) is 9.00. The average molecular weight is 302 g/mol. The average Bonchev–Trinajstić information content (AvgIpc) is 2.74. The van der Waals surface area contributed by atoms with Gasteiger partial charge in [0.25, 0.3) is 0 Å². The van der Waals surface area contributed by atoms with Crippen molar-refractivity contribution in [1.29, 1.82) is 0 Å². The number of nitrogens with one attached hydrogen (secondary N) is 1. The first-order chi connectivity index (χ1) is 7.75. The molecule has 0 fully saturated rings. The summed E-state index contributed by atoms with van der Waals surface area (Å²) < 4.78 is 0.904. The van der Waals surface area contributed by atoms with E-state index in [9.17, 15) is 0 Å². The smallest absolute Gasteiger partial charge is 0.144 e. The molecule has 16 heavy (non-hydrogen) atoms. The molecule has 0 spiro atoms. The van der Waals surface area contributed by atoms with Crippen molar-refractivity contribution >= 4 is 33.3 Å². The van der Waals surface area contributed by atoms with E-state index in [1.54, 1.807) is 11.8 Å². The predicted octanol–water partition coefficient (Wildman–Crippen LogP) is 4.41. The molecule has 0 atom stereocenters. The number of hydrogen-bond acceptors (Lipinski definition) is 2. The molecule has 1 aliphatic carbocycles. The van der Waals surface area contributed by atoms with Gasteiger partial charge >= 0.3 is 0 Å². The Balaban J connectivity index is 1.84. The summed E-state index contributed by atoms with van der Waals surface area (Å²) in [6, 6.07) is 1.85. The lowest BCUT2D eigenvalue weighted by Gasteiger charge is -2.07. The fraction of sp³-hybridized carbons (Fsp3) is 0.417. The van der Waals surface area contributed by atoms with Crippen LogP contribution in [0.4, 0.5) is 5.82 Å². The highest BCUT2D eigenvalue weighted by molar-refractivity contribution is 9.10. The summed E-state index contributed by atoms with van der Waals surface area (Å²) in [5.74, 6) is 0.767. The first kappa shape index (κ1) is 11.9. The van der Waals surface area contributed by atoms with Crippen LogP contribution in [-0.2, 0) is 0 Å². The van der Waals surface area contributed by atoms with Crippen molar-refractivity contribution in [3.63, 3.8) is 0 Å². The lowest BCUT2D eigenvalue weighted by atomic mass is 10.2. The molecule has 1 N–H and O–H groups in total. The zero-order chi connectivity index (χ0) is 11.4. The monoisotopic (exact) mass is 300 g/mol. The van der Waals surface area contributed by atoms with Crippen LogP contribution in [0.5, 0.6) is 0 Å². The highest BCUT2D eigenvalue weighted by Crippen LogP contribution is 2.24. The van der Waals surface area contributed by atoms with Crippen LogP contribution in [0.1, 0.15) is 25.7 Å². The molecule has 2 rings (SSSR count). The fourth-order valence-corrected chi connectivity index (χ4v) is 2.55. The second kappa shape index (κ2) is 5.69. The minimum Gasteiger partial charge on any atom is -0.369 e. The number of aromatic nitrogens is 1. The molecular weight excluding hydrogens is 288 g/mol. The maximum Gasteiger partial charge on any atom is 0.144 e. The van der Waals surface area contributed by atoms with Crippen molar-refractivity contribution in [1.82, 2.24) is 4.98 Å². The van der Waals surface area contributed by atoms with Gasteiger partial charge in [-0.15, -0.1) is 0 Å². The molecule has 4 heteroatoms. The standard InChI is InChI=1S/C12H14BrClN2/c13-10-7-11(14)12(16-8-10)15-6-5-9-3-1-2-4-9/h3,7-8H,1-2,4-6H2,(H,15,16). The first-order valence-electron chi connectivity index (χ1n) is 5.48. The van der Waals surface area contributed by atoms with E-state index >= 15 is 0 Å². The van der Waals surface area contributed by atoms with Gasteiger partial charge in [-0.25, -0.2) is 4.98 Å². The molecule has 0 aromatic carbocycles. The quantitative estimate of drug-likeness (QED) is 0.833. The van der Waals surface area contributed by atoms with Crippen LogP contribution >= 0.6 is 27.5 Å². The van der Waals surface area contributed by atoms with Crippen molar-refractivity contribution in [2.75, 3.05) is 11.9 Å². The van der Waals surface area contributed by atoms with Crippen molar-refractivity contribution in [3.8, 4) is 0 Å². The molecule has 0 unspecified atom stereocenters. The number of halogens is 2. The minimum atomic E-state index is 0.662. The van der Waals surface area contributed by atoms with Gasteiger partial charge in [0.05, 0.1) is 5.02 Å². The zero-order valence-electron chi connectivity index (χ0n) is 8.97. The van der Waals surface area contributed by atoms with E-state index in [-0.39, 0.29) is 0 Å². The maximum absolute atomic E-state index is 6.06. The van der Waals surface area contributed by atoms with Crippen molar-refractivity contribution < 1.29 is 0 Å². The van der Waals surface area contributed by atoms with E-state index < -0.39 is 0 Å². The van der Waals surface area contributed by atoms with Crippen LogP contribution in [0, 0.1) is 0 Å². The van der Waals surface area contributed by atoms with E-state index in [0.29, 0.717) is 5.02 Å². The van der Waals surface area contributed by atoms with E-state index in [1.165, 1.54) is 19.3 Å². The Kier molecular flexibility index (Phi) is 4.24. The number of rotatable bonds is 4. The van der Waals surface area contributed by atoms with Gasteiger partial charge in [0.2, 0.25) is 0 Å². The summed E-state index contributed by atoms with van der Waals surface area (Å²) >= 11 is 9.39. The summed E-state index contributed by atoms with van der Waals surface area (Å²) in [5, 5.41) is 3.92. The lowest BCUT2D eigenvalue weighted by Crippen LogP contribution is -2.04. The van der Waals surface area contributed by atoms with E-state index in [0.717, 1.165) is 23.3 Å². The molecule has 2 nitrogen and oxygen atoms in total. The van der Waals surface area contributed by atoms with Gasteiger partial charge in [-0.3, -0.25) is 0 Å². The van der Waals surface area contributed by atoms with Gasteiger partial charge in [-0.1, -0.05) is 23.3 Å². The molecule has 0 saturated carbocycles. The van der Waals surface area contributed by atoms with Gasteiger partial charge < -0.3 is 5.32 Å². The first-order valence-corrected chi connectivity index (χ1v) is 6.65. The van der Waals surface area contributed by atoms with Crippen molar-refractivity contribution in [2.24, 2.45) is 0 Å². The Morgan fingerprint density at radius 1 is 1.50 bits per heavy atom. The Morgan fingerprint density at radius 2 is 2.38 bits per heavy atom. The maximum atomic E-state index is 6.06. The van der Waals surface area contributed by atoms with Crippen LogP contribution in [0.3, 0.4) is 0 Å². The van der Waals surface area contributed by atoms with Crippen LogP contribution in [0.2, 0.25) is 5.02 Å². The van der Waals surface area contributed by atoms with E-state index in [1.807, 2.05) is 6.07 Å². The number of nitrogens with zero attached hydrogens (tertiary/aromatic N) is 1. The molecule has 1 aromatic heterocycles. The van der Waals surface area contributed by atoms with Gasteiger partial charge in [-0.05, 0) is 47.7 Å². The molecule has 0 amide bonds. The van der Waals surface area contributed by atoms with Gasteiger partial charge in [0.1, 0.15) is 5.82 Å². The molecule has 0 aliphatic heterocycles. The summed E-state index contributed by atoms with van der Waals surface area (Å²) in [6.45, 7) is 0.903. The number of anilines is 1. The third kappa shape index (κ3) is 3.22. The SMILES string of the molecule is Clc1cc(Br)cnc1NCCC1=CCCC1. The Labute approximate surface area is 109 Å². The molecule has 1 heterocycles. The van der Waals surface area contributed by atoms with Crippen LogP contribution in [0.15, 0.2) is 28.4 Å². The highest BCUT2D eigenvalue weighted by atomic mass is 79.9. The Bertz CT molecular complexity index is 404.